The molecule has 0 spiro atoms. The molecule has 2 heterocycles. The first-order valence-electron chi connectivity index (χ1n) is 10.3. The topological polar surface area (TPSA) is 66.9 Å². The van der Waals surface area contributed by atoms with Gasteiger partial charge in [-0.05, 0) is 55.9 Å². The highest BCUT2D eigenvalue weighted by Crippen LogP contribution is 2.27. The van der Waals surface area contributed by atoms with Crippen molar-refractivity contribution in [1.82, 2.24) is 9.21 Å². The van der Waals surface area contributed by atoms with Crippen LogP contribution in [0, 0.1) is 17.8 Å². The van der Waals surface area contributed by atoms with Crippen LogP contribution in [0.3, 0.4) is 0 Å². The van der Waals surface area contributed by atoms with E-state index in [1.54, 1.807) is 28.6 Å². The maximum atomic E-state index is 13.0. The van der Waals surface area contributed by atoms with Crippen molar-refractivity contribution in [2.75, 3.05) is 39.4 Å². The minimum absolute atomic E-state index is 0.0569. The van der Waals surface area contributed by atoms with E-state index in [2.05, 4.69) is 13.8 Å². The number of carbonyl (C=O) groups excluding carboxylic acids is 1. The lowest BCUT2D eigenvalue weighted by atomic mass is 9.94. The fourth-order valence-electron chi connectivity index (χ4n) is 4.30. The molecule has 0 saturated carbocycles. The second-order valence-corrected chi connectivity index (χ2v) is 10.3. The smallest absolute Gasteiger partial charge is 0.253 e. The summed E-state index contributed by atoms with van der Waals surface area (Å²) < 4.78 is 33.0. The molecule has 28 heavy (non-hydrogen) atoms. The Bertz CT molecular complexity index is 762. The highest BCUT2D eigenvalue weighted by atomic mass is 32.2. The Kier molecular flexibility index (Phi) is 6.78. The van der Waals surface area contributed by atoms with Gasteiger partial charge < -0.3 is 9.64 Å². The molecule has 1 aromatic rings. The van der Waals surface area contributed by atoms with Crippen molar-refractivity contribution in [1.29, 1.82) is 0 Å². The van der Waals surface area contributed by atoms with E-state index in [1.807, 2.05) is 11.8 Å². The van der Waals surface area contributed by atoms with Gasteiger partial charge in [0.25, 0.3) is 5.91 Å². The number of ether oxygens (including phenoxy) is 1. The summed E-state index contributed by atoms with van der Waals surface area (Å²) >= 11 is 0. The molecule has 7 heteroatoms. The first kappa shape index (κ1) is 21.3. The lowest BCUT2D eigenvalue weighted by molar-refractivity contribution is 0.0730. The van der Waals surface area contributed by atoms with Crippen molar-refractivity contribution in [2.24, 2.45) is 17.8 Å². The number of hydrogen-bond acceptors (Lipinski definition) is 4. The molecule has 1 aromatic carbocycles. The summed E-state index contributed by atoms with van der Waals surface area (Å²) in [6, 6.07) is 6.41. The van der Waals surface area contributed by atoms with E-state index >= 15 is 0 Å². The van der Waals surface area contributed by atoms with Gasteiger partial charge in [0.15, 0.2) is 0 Å². The van der Waals surface area contributed by atoms with E-state index in [4.69, 9.17) is 4.74 Å². The number of amides is 1. The van der Waals surface area contributed by atoms with E-state index in [1.165, 1.54) is 0 Å². The van der Waals surface area contributed by atoms with Crippen molar-refractivity contribution in [3.8, 4) is 0 Å². The first-order chi connectivity index (χ1) is 13.3. The molecule has 0 aromatic heterocycles. The van der Waals surface area contributed by atoms with Crippen LogP contribution >= 0.6 is 0 Å². The highest BCUT2D eigenvalue weighted by Gasteiger charge is 2.32. The average Bonchev–Trinajstić information content (AvgIpc) is 3.18. The zero-order chi connectivity index (χ0) is 20.3. The van der Waals surface area contributed by atoms with Crippen molar-refractivity contribution in [2.45, 2.75) is 38.5 Å². The van der Waals surface area contributed by atoms with E-state index in [0.717, 1.165) is 19.4 Å². The van der Waals surface area contributed by atoms with Gasteiger partial charge in [-0.25, -0.2) is 8.42 Å². The molecule has 0 bridgehead atoms. The number of carbonyl (C=O) groups is 1. The largest absolute Gasteiger partial charge is 0.381 e. The van der Waals surface area contributed by atoms with Crippen molar-refractivity contribution in [3.63, 3.8) is 0 Å². The molecule has 156 valence electrons. The molecule has 2 aliphatic rings. The summed E-state index contributed by atoms with van der Waals surface area (Å²) in [6.07, 6.45) is 2.03. The Balaban J connectivity index is 1.72. The lowest BCUT2D eigenvalue weighted by Gasteiger charge is -2.34. The molecule has 2 fully saturated rings. The summed E-state index contributed by atoms with van der Waals surface area (Å²) in [4.78, 5) is 14.9. The molecule has 6 nitrogen and oxygen atoms in total. The van der Waals surface area contributed by atoms with Gasteiger partial charge in [-0.15, -0.1) is 0 Å². The van der Waals surface area contributed by atoms with Crippen LogP contribution in [-0.4, -0.2) is 62.9 Å². The normalized spacial score (nSPS) is 26.3. The Labute approximate surface area is 168 Å². The molecule has 2 aliphatic heterocycles. The van der Waals surface area contributed by atoms with Crippen LogP contribution in [0.15, 0.2) is 29.2 Å². The Morgan fingerprint density at radius 3 is 2.36 bits per heavy atom. The minimum Gasteiger partial charge on any atom is -0.381 e. The second kappa shape index (κ2) is 8.93. The van der Waals surface area contributed by atoms with Gasteiger partial charge in [0.2, 0.25) is 10.0 Å². The molecule has 1 amide bonds. The molecule has 0 N–H and O–H groups in total. The lowest BCUT2D eigenvalue weighted by Crippen LogP contribution is -2.42. The van der Waals surface area contributed by atoms with Gasteiger partial charge in [0, 0.05) is 44.3 Å². The minimum atomic E-state index is -3.52. The van der Waals surface area contributed by atoms with E-state index in [-0.39, 0.29) is 10.8 Å². The van der Waals surface area contributed by atoms with Gasteiger partial charge in [0.05, 0.1) is 11.5 Å². The fraction of sp³-hybridized carbons (Fsp3) is 0.667. The average molecular weight is 409 g/mol. The Hall–Kier alpha value is -1.44. The van der Waals surface area contributed by atoms with Crippen LogP contribution in [0.25, 0.3) is 0 Å². The standard InChI is InChI=1S/C21H32N2O4S/c1-4-22(14-18-9-10-27-15-18)21(24)19-5-7-20(8-6-19)28(25,26)23-12-16(2)11-17(3)13-23/h5-8,16-18H,4,9-15H2,1-3H3. The first-order valence-corrected chi connectivity index (χ1v) is 11.7. The number of benzene rings is 1. The maximum Gasteiger partial charge on any atom is 0.253 e. The number of rotatable bonds is 6. The summed E-state index contributed by atoms with van der Waals surface area (Å²) in [7, 11) is -3.52. The fourth-order valence-corrected chi connectivity index (χ4v) is 5.98. The SMILES string of the molecule is CCN(CC1CCOC1)C(=O)c1ccc(S(=O)(=O)N2CC(C)CC(C)C2)cc1. The zero-order valence-corrected chi connectivity index (χ0v) is 18.0. The quantitative estimate of drug-likeness (QED) is 0.726. The van der Waals surface area contributed by atoms with Crippen LogP contribution in [0.5, 0.6) is 0 Å². The van der Waals surface area contributed by atoms with Gasteiger partial charge in [-0.2, -0.15) is 4.31 Å². The van der Waals surface area contributed by atoms with Crippen LogP contribution < -0.4 is 0 Å². The molecule has 0 radical (unpaired) electrons. The predicted molar refractivity (Wildman–Crippen MR) is 109 cm³/mol. The van der Waals surface area contributed by atoms with Crippen LogP contribution in [0.1, 0.15) is 44.0 Å². The summed E-state index contributed by atoms with van der Waals surface area (Å²) in [6.45, 7) is 10.0. The monoisotopic (exact) mass is 408 g/mol. The zero-order valence-electron chi connectivity index (χ0n) is 17.1. The van der Waals surface area contributed by atoms with Crippen molar-refractivity contribution < 1.29 is 17.9 Å². The maximum absolute atomic E-state index is 13.0. The number of nitrogens with zero attached hydrogens (tertiary/aromatic N) is 2. The van der Waals surface area contributed by atoms with Crippen LogP contribution in [0.4, 0.5) is 0 Å². The summed E-state index contributed by atoms with van der Waals surface area (Å²) in [5, 5.41) is 0. The van der Waals surface area contributed by atoms with Crippen LogP contribution in [-0.2, 0) is 14.8 Å². The van der Waals surface area contributed by atoms with Gasteiger partial charge in [-0.3, -0.25) is 4.79 Å². The third kappa shape index (κ3) is 4.75. The highest BCUT2D eigenvalue weighted by molar-refractivity contribution is 7.89. The Morgan fingerprint density at radius 2 is 1.82 bits per heavy atom. The van der Waals surface area contributed by atoms with E-state index in [0.29, 0.717) is 56.1 Å². The van der Waals surface area contributed by atoms with E-state index < -0.39 is 10.0 Å². The molecule has 0 aliphatic carbocycles. The molecule has 2 saturated heterocycles. The molecular weight excluding hydrogens is 376 g/mol. The second-order valence-electron chi connectivity index (χ2n) is 8.37. The predicted octanol–water partition coefficient (Wildman–Crippen LogP) is 2.85. The third-order valence-corrected chi connectivity index (χ3v) is 7.59. The molecule has 3 atom stereocenters. The van der Waals surface area contributed by atoms with Crippen molar-refractivity contribution in [3.05, 3.63) is 29.8 Å². The number of hydrogen-bond donors (Lipinski definition) is 0. The number of sulfonamides is 1. The number of piperidine rings is 1. The molecular formula is C21H32N2O4S. The molecule has 3 unspecified atom stereocenters. The van der Waals surface area contributed by atoms with Gasteiger partial charge >= 0.3 is 0 Å². The summed E-state index contributed by atoms with van der Waals surface area (Å²) in [5.74, 6) is 1.04. The van der Waals surface area contributed by atoms with Gasteiger partial charge in [0.1, 0.15) is 0 Å². The summed E-state index contributed by atoms with van der Waals surface area (Å²) in [5.41, 5.74) is 0.528. The van der Waals surface area contributed by atoms with Crippen molar-refractivity contribution >= 4 is 15.9 Å². The third-order valence-electron chi connectivity index (χ3n) is 5.75. The van der Waals surface area contributed by atoms with E-state index in [9.17, 15) is 13.2 Å². The molecule has 3 rings (SSSR count). The van der Waals surface area contributed by atoms with Gasteiger partial charge in [-0.1, -0.05) is 13.8 Å². The Morgan fingerprint density at radius 1 is 1.18 bits per heavy atom. The van der Waals surface area contributed by atoms with Crippen LogP contribution in [0.2, 0.25) is 0 Å².